The smallest absolute Gasteiger partial charge is 0.105 e. The van der Waals surface area contributed by atoms with Gasteiger partial charge in [0.05, 0.1) is 6.26 Å². The van der Waals surface area contributed by atoms with Gasteiger partial charge in [-0.1, -0.05) is 13.3 Å². The molecule has 0 fully saturated rings. The van der Waals surface area contributed by atoms with Crippen LogP contribution in [0.3, 0.4) is 0 Å². The maximum Gasteiger partial charge on any atom is 0.105 e. The first kappa shape index (κ1) is 9.33. The highest BCUT2D eigenvalue weighted by Gasteiger charge is 2.18. The fraction of sp³-hybridized carbons (Fsp3) is 0.600. The summed E-state index contributed by atoms with van der Waals surface area (Å²) in [7, 11) is 0. The lowest BCUT2D eigenvalue weighted by Gasteiger charge is -2.22. The van der Waals surface area contributed by atoms with Gasteiger partial charge in [-0.25, -0.2) is 0 Å². The molecule has 0 spiro atoms. The van der Waals surface area contributed by atoms with Crippen molar-refractivity contribution in [2.24, 2.45) is 5.73 Å². The molecule has 1 unspecified atom stereocenters. The normalized spacial score (nSPS) is 15.9. The molecule has 0 amide bonds. The monoisotopic (exact) mass is 167 g/mol. The predicted molar refractivity (Wildman–Crippen MR) is 49.9 cm³/mol. The lowest BCUT2D eigenvalue weighted by Crippen LogP contribution is -2.38. The average Bonchev–Trinajstić information content (AvgIpc) is 2.38. The summed E-state index contributed by atoms with van der Waals surface area (Å²) in [5, 5.41) is 0. The van der Waals surface area contributed by atoms with Gasteiger partial charge in [-0.3, -0.25) is 0 Å². The second kappa shape index (κ2) is 3.76. The Morgan fingerprint density at radius 1 is 1.58 bits per heavy atom. The Morgan fingerprint density at radius 2 is 2.33 bits per heavy atom. The Bertz CT molecular complexity index is 214. The molecule has 0 bridgehead atoms. The first-order valence-corrected chi connectivity index (χ1v) is 4.45. The van der Waals surface area contributed by atoms with Crippen LogP contribution >= 0.6 is 0 Å². The third-order valence-electron chi connectivity index (χ3n) is 1.98. The van der Waals surface area contributed by atoms with Gasteiger partial charge in [0.1, 0.15) is 5.76 Å². The van der Waals surface area contributed by atoms with Crippen LogP contribution in [0.2, 0.25) is 0 Å². The van der Waals surface area contributed by atoms with Crippen molar-refractivity contribution in [3.05, 3.63) is 24.2 Å². The van der Waals surface area contributed by atoms with E-state index in [1.54, 1.807) is 6.26 Å². The first-order valence-electron chi connectivity index (χ1n) is 4.45. The quantitative estimate of drug-likeness (QED) is 0.747. The molecule has 12 heavy (non-hydrogen) atoms. The molecule has 1 rings (SSSR count). The SMILES string of the molecule is CCCC(C)(N)Cc1ccco1. The fourth-order valence-electron chi connectivity index (χ4n) is 1.47. The molecule has 0 aliphatic heterocycles. The number of rotatable bonds is 4. The molecular formula is C10H17NO. The Morgan fingerprint density at radius 3 is 2.83 bits per heavy atom. The topological polar surface area (TPSA) is 39.2 Å². The Kier molecular flexibility index (Phi) is 2.93. The number of hydrogen-bond donors (Lipinski definition) is 1. The number of nitrogens with two attached hydrogens (primary N) is 1. The van der Waals surface area contributed by atoms with Crippen LogP contribution in [0, 0.1) is 0 Å². The van der Waals surface area contributed by atoms with Crippen molar-refractivity contribution in [2.45, 2.75) is 38.6 Å². The van der Waals surface area contributed by atoms with E-state index in [2.05, 4.69) is 13.8 Å². The van der Waals surface area contributed by atoms with E-state index in [-0.39, 0.29) is 5.54 Å². The molecule has 1 aromatic heterocycles. The van der Waals surface area contributed by atoms with Crippen LogP contribution in [0.4, 0.5) is 0 Å². The fourth-order valence-corrected chi connectivity index (χ4v) is 1.47. The Labute approximate surface area is 73.8 Å². The third kappa shape index (κ3) is 2.70. The van der Waals surface area contributed by atoms with E-state index in [4.69, 9.17) is 10.2 Å². The standard InChI is InChI=1S/C10H17NO/c1-3-6-10(2,11)8-9-5-4-7-12-9/h4-5,7H,3,6,8,11H2,1-2H3. The third-order valence-corrected chi connectivity index (χ3v) is 1.98. The van der Waals surface area contributed by atoms with E-state index < -0.39 is 0 Å². The minimum atomic E-state index is -0.118. The maximum atomic E-state index is 6.06. The van der Waals surface area contributed by atoms with Crippen molar-refractivity contribution in [1.82, 2.24) is 0 Å². The van der Waals surface area contributed by atoms with E-state index >= 15 is 0 Å². The van der Waals surface area contributed by atoms with Gasteiger partial charge in [-0.05, 0) is 25.5 Å². The lowest BCUT2D eigenvalue weighted by atomic mass is 9.92. The highest BCUT2D eigenvalue weighted by atomic mass is 16.3. The van der Waals surface area contributed by atoms with Crippen LogP contribution in [-0.2, 0) is 6.42 Å². The van der Waals surface area contributed by atoms with Crippen LogP contribution < -0.4 is 5.73 Å². The van der Waals surface area contributed by atoms with Gasteiger partial charge in [0, 0.05) is 12.0 Å². The lowest BCUT2D eigenvalue weighted by molar-refractivity contribution is 0.380. The van der Waals surface area contributed by atoms with E-state index in [1.165, 1.54) is 0 Å². The zero-order valence-electron chi connectivity index (χ0n) is 7.84. The molecule has 68 valence electrons. The van der Waals surface area contributed by atoms with Crippen LogP contribution in [-0.4, -0.2) is 5.54 Å². The maximum absolute atomic E-state index is 6.06. The van der Waals surface area contributed by atoms with Gasteiger partial charge in [0.2, 0.25) is 0 Å². The van der Waals surface area contributed by atoms with Crippen molar-refractivity contribution >= 4 is 0 Å². The molecule has 1 atom stereocenters. The molecule has 1 heterocycles. The number of hydrogen-bond acceptors (Lipinski definition) is 2. The highest BCUT2D eigenvalue weighted by molar-refractivity contribution is 5.03. The molecule has 2 heteroatoms. The first-order chi connectivity index (χ1) is 5.64. The zero-order valence-corrected chi connectivity index (χ0v) is 7.84. The summed E-state index contributed by atoms with van der Waals surface area (Å²) in [6.07, 6.45) is 4.67. The molecule has 2 N–H and O–H groups in total. The molecular weight excluding hydrogens is 150 g/mol. The molecule has 0 radical (unpaired) electrons. The van der Waals surface area contributed by atoms with Crippen molar-refractivity contribution in [2.75, 3.05) is 0 Å². The second-order valence-electron chi connectivity index (χ2n) is 3.66. The summed E-state index contributed by atoms with van der Waals surface area (Å²) in [6.45, 7) is 4.21. The van der Waals surface area contributed by atoms with Crippen LogP contribution in [0.25, 0.3) is 0 Å². The number of furan rings is 1. The summed E-state index contributed by atoms with van der Waals surface area (Å²) < 4.78 is 5.24. The van der Waals surface area contributed by atoms with E-state index in [9.17, 15) is 0 Å². The van der Waals surface area contributed by atoms with Crippen LogP contribution in [0.1, 0.15) is 32.4 Å². The molecule has 2 nitrogen and oxygen atoms in total. The average molecular weight is 167 g/mol. The molecule has 1 aromatic rings. The van der Waals surface area contributed by atoms with E-state index in [1.807, 2.05) is 12.1 Å². The summed E-state index contributed by atoms with van der Waals surface area (Å²) in [4.78, 5) is 0. The van der Waals surface area contributed by atoms with Crippen LogP contribution in [0.15, 0.2) is 22.8 Å². The van der Waals surface area contributed by atoms with E-state index in [0.29, 0.717) is 0 Å². The molecule has 0 aliphatic carbocycles. The van der Waals surface area contributed by atoms with Gasteiger partial charge >= 0.3 is 0 Å². The minimum absolute atomic E-state index is 0.118. The molecule has 0 aromatic carbocycles. The molecule has 0 saturated heterocycles. The van der Waals surface area contributed by atoms with Crippen molar-refractivity contribution in [3.8, 4) is 0 Å². The van der Waals surface area contributed by atoms with Gasteiger partial charge in [0.25, 0.3) is 0 Å². The predicted octanol–water partition coefficient (Wildman–Crippen LogP) is 2.34. The van der Waals surface area contributed by atoms with Crippen molar-refractivity contribution in [1.29, 1.82) is 0 Å². The van der Waals surface area contributed by atoms with Crippen molar-refractivity contribution in [3.63, 3.8) is 0 Å². The zero-order chi connectivity index (χ0) is 9.03. The second-order valence-corrected chi connectivity index (χ2v) is 3.66. The Hall–Kier alpha value is -0.760. The van der Waals surface area contributed by atoms with Gasteiger partial charge in [0.15, 0.2) is 0 Å². The van der Waals surface area contributed by atoms with Gasteiger partial charge < -0.3 is 10.2 Å². The highest BCUT2D eigenvalue weighted by Crippen LogP contribution is 2.15. The largest absolute Gasteiger partial charge is 0.469 e. The minimum Gasteiger partial charge on any atom is -0.469 e. The summed E-state index contributed by atoms with van der Waals surface area (Å²) in [6, 6.07) is 3.87. The van der Waals surface area contributed by atoms with Gasteiger partial charge in [-0.2, -0.15) is 0 Å². The Balaban J connectivity index is 2.50. The van der Waals surface area contributed by atoms with Crippen molar-refractivity contribution < 1.29 is 4.42 Å². The summed E-state index contributed by atoms with van der Waals surface area (Å²) in [5.41, 5.74) is 5.94. The molecule has 0 aliphatic rings. The van der Waals surface area contributed by atoms with Gasteiger partial charge in [-0.15, -0.1) is 0 Å². The summed E-state index contributed by atoms with van der Waals surface area (Å²) >= 11 is 0. The van der Waals surface area contributed by atoms with E-state index in [0.717, 1.165) is 25.0 Å². The summed E-state index contributed by atoms with van der Waals surface area (Å²) in [5.74, 6) is 0.980. The van der Waals surface area contributed by atoms with Crippen LogP contribution in [0.5, 0.6) is 0 Å². The molecule has 0 saturated carbocycles.